The second kappa shape index (κ2) is 5.60. The van der Waals surface area contributed by atoms with Crippen LogP contribution in [0, 0.1) is 0 Å². The van der Waals surface area contributed by atoms with E-state index in [1.807, 2.05) is 6.07 Å². The molecule has 0 radical (unpaired) electrons. The third kappa shape index (κ3) is 3.27. The fourth-order valence-electron chi connectivity index (χ4n) is 1.00. The Balaban J connectivity index is 2.75. The molecule has 0 heterocycles. The van der Waals surface area contributed by atoms with Gasteiger partial charge in [0.15, 0.2) is 0 Å². The van der Waals surface area contributed by atoms with E-state index in [1.165, 1.54) is 12.2 Å². The van der Waals surface area contributed by atoms with Crippen LogP contribution in [0.3, 0.4) is 0 Å². The Morgan fingerprint density at radius 1 is 1.20 bits per heavy atom. The predicted octanol–water partition coefficient (Wildman–Crippen LogP) is 3.10. The topological polar surface area (TPSA) is 26.3 Å². The van der Waals surface area contributed by atoms with Gasteiger partial charge < -0.3 is 4.74 Å². The molecule has 1 aromatic rings. The lowest BCUT2D eigenvalue weighted by molar-refractivity contribution is 0.0637. The molecule has 0 aliphatic carbocycles. The fraction of sp³-hybridized carbons (Fsp3) is 0. The van der Waals surface area contributed by atoms with Crippen molar-refractivity contribution in [2.24, 2.45) is 0 Å². The third-order valence-corrected chi connectivity index (χ3v) is 1.70. The number of carbonyl (C=O) groups is 1. The molecule has 0 fully saturated rings. The van der Waals surface area contributed by atoms with Gasteiger partial charge in [-0.2, -0.15) is 0 Å². The van der Waals surface area contributed by atoms with E-state index in [0.717, 1.165) is 0 Å². The first-order valence-corrected chi connectivity index (χ1v) is 4.50. The fourth-order valence-corrected chi connectivity index (χ4v) is 1.00. The van der Waals surface area contributed by atoms with E-state index in [9.17, 15) is 4.79 Å². The van der Waals surface area contributed by atoms with Crippen LogP contribution < -0.4 is 0 Å². The smallest absolute Gasteiger partial charge is 0.343 e. The van der Waals surface area contributed by atoms with Crippen LogP contribution in [0.5, 0.6) is 0 Å². The van der Waals surface area contributed by atoms with Gasteiger partial charge >= 0.3 is 5.97 Å². The zero-order chi connectivity index (χ0) is 11.1. The van der Waals surface area contributed by atoms with Gasteiger partial charge in [0.25, 0.3) is 0 Å². The van der Waals surface area contributed by atoms with Crippen molar-refractivity contribution in [1.29, 1.82) is 0 Å². The van der Waals surface area contributed by atoms with Crippen LogP contribution in [0.15, 0.2) is 67.5 Å². The molecule has 0 bridgehead atoms. The van der Waals surface area contributed by atoms with Gasteiger partial charge in [-0.15, -0.1) is 0 Å². The number of rotatable bonds is 4. The molecule has 76 valence electrons. The van der Waals surface area contributed by atoms with Crippen molar-refractivity contribution in [3.8, 4) is 0 Å². The predicted molar refractivity (Wildman–Crippen MR) is 60.3 cm³/mol. The molecule has 0 unspecified atom stereocenters. The molecule has 0 amide bonds. The van der Waals surface area contributed by atoms with Crippen molar-refractivity contribution >= 4 is 5.97 Å². The Labute approximate surface area is 89.2 Å². The molecule has 2 nitrogen and oxygen atoms in total. The Morgan fingerprint density at radius 2 is 1.87 bits per heavy atom. The van der Waals surface area contributed by atoms with Crippen molar-refractivity contribution in [3.63, 3.8) is 0 Å². The van der Waals surface area contributed by atoms with Gasteiger partial charge in [0.1, 0.15) is 5.76 Å². The number of esters is 1. The van der Waals surface area contributed by atoms with Crippen LogP contribution in [0.25, 0.3) is 0 Å². The highest BCUT2D eigenvalue weighted by atomic mass is 16.5. The first-order chi connectivity index (χ1) is 7.27. The highest BCUT2D eigenvalue weighted by Crippen LogP contribution is 2.06. The summed E-state index contributed by atoms with van der Waals surface area (Å²) >= 11 is 0. The van der Waals surface area contributed by atoms with Crippen LogP contribution in [-0.4, -0.2) is 5.97 Å². The number of hydrogen-bond donors (Lipinski definition) is 0. The summed E-state index contributed by atoms with van der Waals surface area (Å²) in [4.78, 5) is 11.5. The molecule has 0 N–H and O–H groups in total. The summed E-state index contributed by atoms with van der Waals surface area (Å²) in [6.07, 6.45) is 4.58. The number of benzene rings is 1. The first kappa shape index (κ1) is 11.0. The molecule has 0 saturated heterocycles. The second-order valence-corrected chi connectivity index (χ2v) is 2.76. The minimum atomic E-state index is -0.399. The molecule has 0 spiro atoms. The largest absolute Gasteiger partial charge is 0.423 e. The Morgan fingerprint density at radius 3 is 2.40 bits per heavy atom. The zero-order valence-corrected chi connectivity index (χ0v) is 8.35. The van der Waals surface area contributed by atoms with E-state index in [0.29, 0.717) is 11.3 Å². The average Bonchev–Trinajstić information content (AvgIpc) is 2.29. The number of carbonyl (C=O) groups excluding carboxylic acids is 1. The van der Waals surface area contributed by atoms with E-state index in [4.69, 9.17) is 4.74 Å². The SMILES string of the molecule is C=C/C=C(\C=C)OC(=O)c1ccccc1. The summed E-state index contributed by atoms with van der Waals surface area (Å²) in [7, 11) is 0. The summed E-state index contributed by atoms with van der Waals surface area (Å²) in [5.41, 5.74) is 0.509. The van der Waals surface area contributed by atoms with Gasteiger partial charge in [0.2, 0.25) is 0 Å². The maximum absolute atomic E-state index is 11.5. The normalized spacial score (nSPS) is 10.5. The Bertz CT molecular complexity index is 388. The maximum atomic E-state index is 11.5. The van der Waals surface area contributed by atoms with Gasteiger partial charge in [0, 0.05) is 0 Å². The van der Waals surface area contributed by atoms with E-state index in [-0.39, 0.29) is 0 Å². The first-order valence-electron chi connectivity index (χ1n) is 4.50. The van der Waals surface area contributed by atoms with E-state index < -0.39 is 5.97 Å². The summed E-state index contributed by atoms with van der Waals surface area (Å²) in [5, 5.41) is 0. The van der Waals surface area contributed by atoms with Crippen molar-refractivity contribution in [3.05, 3.63) is 73.0 Å². The molecule has 1 aromatic carbocycles. The zero-order valence-electron chi connectivity index (χ0n) is 8.35. The quantitative estimate of drug-likeness (QED) is 0.424. The minimum absolute atomic E-state index is 0.388. The van der Waals surface area contributed by atoms with Gasteiger partial charge in [-0.25, -0.2) is 4.79 Å². The molecular weight excluding hydrogens is 188 g/mol. The lowest BCUT2D eigenvalue weighted by atomic mass is 10.2. The summed E-state index contributed by atoms with van der Waals surface area (Å²) in [6.45, 7) is 7.05. The number of allylic oxidation sites excluding steroid dienone is 3. The van der Waals surface area contributed by atoms with Crippen LogP contribution in [0.2, 0.25) is 0 Å². The van der Waals surface area contributed by atoms with Gasteiger partial charge in [0.05, 0.1) is 5.56 Å². The van der Waals surface area contributed by atoms with Gasteiger partial charge in [-0.05, 0) is 24.3 Å². The van der Waals surface area contributed by atoms with Crippen molar-refractivity contribution in [1.82, 2.24) is 0 Å². The Hall–Kier alpha value is -2.09. The Kier molecular flexibility index (Phi) is 4.10. The minimum Gasteiger partial charge on any atom is -0.423 e. The van der Waals surface area contributed by atoms with E-state index in [2.05, 4.69) is 13.2 Å². The summed E-state index contributed by atoms with van der Waals surface area (Å²) in [6, 6.07) is 8.78. The van der Waals surface area contributed by atoms with Crippen molar-refractivity contribution in [2.75, 3.05) is 0 Å². The molecule has 15 heavy (non-hydrogen) atoms. The van der Waals surface area contributed by atoms with Gasteiger partial charge in [-0.3, -0.25) is 0 Å². The molecule has 0 aliphatic heterocycles. The average molecular weight is 200 g/mol. The van der Waals surface area contributed by atoms with Crippen molar-refractivity contribution < 1.29 is 9.53 Å². The molecule has 0 aliphatic rings. The van der Waals surface area contributed by atoms with E-state index in [1.54, 1.807) is 30.3 Å². The standard InChI is InChI=1S/C13H12O2/c1-3-8-12(4-2)15-13(14)11-9-6-5-7-10-11/h3-10H,1-2H2/b12-8+. The van der Waals surface area contributed by atoms with Crippen LogP contribution in [0.1, 0.15) is 10.4 Å². The number of hydrogen-bond acceptors (Lipinski definition) is 2. The number of ether oxygens (including phenoxy) is 1. The van der Waals surface area contributed by atoms with E-state index >= 15 is 0 Å². The van der Waals surface area contributed by atoms with Crippen LogP contribution in [0.4, 0.5) is 0 Å². The molecule has 0 aromatic heterocycles. The summed E-state index contributed by atoms with van der Waals surface area (Å²) in [5.74, 6) is -0.0116. The maximum Gasteiger partial charge on any atom is 0.343 e. The van der Waals surface area contributed by atoms with Gasteiger partial charge in [-0.1, -0.05) is 37.4 Å². The van der Waals surface area contributed by atoms with Crippen LogP contribution in [-0.2, 0) is 4.74 Å². The molecule has 1 rings (SSSR count). The lowest BCUT2D eigenvalue weighted by Crippen LogP contribution is -2.03. The molecular formula is C13H12O2. The molecule has 0 atom stereocenters. The molecule has 0 saturated carbocycles. The lowest BCUT2D eigenvalue weighted by Gasteiger charge is -2.03. The summed E-state index contributed by atoms with van der Waals surface area (Å²) < 4.78 is 5.06. The monoisotopic (exact) mass is 200 g/mol. The highest BCUT2D eigenvalue weighted by molar-refractivity contribution is 5.90. The van der Waals surface area contributed by atoms with Crippen LogP contribution >= 0.6 is 0 Å². The molecule has 2 heteroatoms. The highest BCUT2D eigenvalue weighted by Gasteiger charge is 2.06. The third-order valence-electron chi connectivity index (χ3n) is 1.70. The second-order valence-electron chi connectivity index (χ2n) is 2.76. The van der Waals surface area contributed by atoms with Crippen molar-refractivity contribution in [2.45, 2.75) is 0 Å².